The molecule has 0 spiro atoms. The summed E-state index contributed by atoms with van der Waals surface area (Å²) in [6.07, 6.45) is -3.52. The third kappa shape index (κ3) is 5.71. The fourth-order valence-electron chi connectivity index (χ4n) is 3.92. The molecule has 3 aromatic rings. The minimum Gasteiger partial charge on any atom is -0.456 e. The highest BCUT2D eigenvalue weighted by atomic mass is 19.4. The zero-order valence-corrected chi connectivity index (χ0v) is 19.6. The van der Waals surface area contributed by atoms with Crippen LogP contribution in [0.1, 0.15) is 40.8 Å². The molecule has 0 aliphatic carbocycles. The normalized spacial score (nSPS) is 17.6. The molecule has 1 atom stereocenters. The second-order valence-electron chi connectivity index (χ2n) is 8.51. The molecule has 2 amide bonds. The molecule has 0 bridgehead atoms. The summed E-state index contributed by atoms with van der Waals surface area (Å²) < 4.78 is 50.6. The van der Waals surface area contributed by atoms with Gasteiger partial charge in [-0.2, -0.15) is 13.2 Å². The van der Waals surface area contributed by atoms with E-state index in [9.17, 15) is 22.8 Å². The van der Waals surface area contributed by atoms with Crippen molar-refractivity contribution in [1.82, 2.24) is 10.6 Å². The molecule has 4 rings (SSSR count). The Bertz CT molecular complexity index is 1220. The van der Waals surface area contributed by atoms with Gasteiger partial charge < -0.3 is 25.1 Å². The van der Waals surface area contributed by atoms with Crippen LogP contribution in [0.4, 0.5) is 24.5 Å². The van der Waals surface area contributed by atoms with Crippen LogP contribution in [0.25, 0.3) is 0 Å². The Morgan fingerprint density at radius 3 is 2.42 bits per heavy atom. The van der Waals surface area contributed by atoms with E-state index in [1.54, 1.807) is 36.4 Å². The number of rotatable bonds is 8. The smallest absolute Gasteiger partial charge is 0.418 e. The summed E-state index contributed by atoms with van der Waals surface area (Å²) >= 11 is 0. The maximum absolute atomic E-state index is 13.2. The van der Waals surface area contributed by atoms with Crippen LogP contribution >= 0.6 is 0 Å². The molecular formula is C26H26F3N3O4. The third-order valence-electron chi connectivity index (χ3n) is 5.96. The van der Waals surface area contributed by atoms with Crippen molar-refractivity contribution < 1.29 is 31.9 Å². The van der Waals surface area contributed by atoms with Crippen molar-refractivity contribution in [3.05, 3.63) is 83.3 Å². The SMILES string of the molecule is CCc1ccc(C(=O)N[C@@]2(C(=O)NCc3ccc(Nc4ccccc4C(F)(F)F)cc3)CCOC2)o1. The van der Waals surface area contributed by atoms with Crippen LogP contribution in [0, 0.1) is 0 Å². The summed E-state index contributed by atoms with van der Waals surface area (Å²) in [5, 5.41) is 8.37. The summed E-state index contributed by atoms with van der Waals surface area (Å²) in [6.45, 7) is 2.43. The summed E-state index contributed by atoms with van der Waals surface area (Å²) in [4.78, 5) is 25.7. The molecule has 1 aliphatic rings. The van der Waals surface area contributed by atoms with E-state index in [2.05, 4.69) is 16.0 Å². The van der Waals surface area contributed by atoms with Crippen molar-refractivity contribution in [2.24, 2.45) is 0 Å². The number of furan rings is 1. The van der Waals surface area contributed by atoms with Crippen molar-refractivity contribution in [2.45, 2.75) is 38.0 Å². The van der Waals surface area contributed by atoms with Crippen LogP contribution in [0.3, 0.4) is 0 Å². The van der Waals surface area contributed by atoms with E-state index in [4.69, 9.17) is 9.15 Å². The van der Waals surface area contributed by atoms with Crippen molar-refractivity contribution in [2.75, 3.05) is 18.5 Å². The Morgan fingerprint density at radius 1 is 1.03 bits per heavy atom. The van der Waals surface area contributed by atoms with Crippen molar-refractivity contribution >= 4 is 23.2 Å². The molecule has 3 N–H and O–H groups in total. The average molecular weight is 502 g/mol. The lowest BCUT2D eigenvalue weighted by Gasteiger charge is -2.27. The summed E-state index contributed by atoms with van der Waals surface area (Å²) in [5.74, 6) is -0.0934. The van der Waals surface area contributed by atoms with E-state index in [-0.39, 0.29) is 24.6 Å². The molecule has 7 nitrogen and oxygen atoms in total. The molecule has 1 fully saturated rings. The molecule has 1 aromatic heterocycles. The molecule has 1 aliphatic heterocycles. The minimum absolute atomic E-state index is 0.0351. The quantitative estimate of drug-likeness (QED) is 0.412. The Morgan fingerprint density at radius 2 is 1.78 bits per heavy atom. The van der Waals surface area contributed by atoms with E-state index in [0.717, 1.165) is 11.6 Å². The van der Waals surface area contributed by atoms with Crippen molar-refractivity contribution in [1.29, 1.82) is 0 Å². The lowest BCUT2D eigenvalue weighted by Crippen LogP contribution is -2.59. The van der Waals surface area contributed by atoms with E-state index in [1.165, 1.54) is 18.2 Å². The molecule has 2 aromatic carbocycles. The van der Waals surface area contributed by atoms with Crippen LogP contribution in [0.15, 0.2) is 65.1 Å². The predicted molar refractivity (Wildman–Crippen MR) is 127 cm³/mol. The third-order valence-corrected chi connectivity index (χ3v) is 5.96. The van der Waals surface area contributed by atoms with Gasteiger partial charge in [-0.25, -0.2) is 0 Å². The van der Waals surface area contributed by atoms with Crippen LogP contribution in [0.2, 0.25) is 0 Å². The van der Waals surface area contributed by atoms with Gasteiger partial charge in [0.15, 0.2) is 5.76 Å². The minimum atomic E-state index is -4.47. The number of ether oxygens (including phenoxy) is 1. The van der Waals surface area contributed by atoms with E-state index >= 15 is 0 Å². The second kappa shape index (κ2) is 10.4. The zero-order chi connectivity index (χ0) is 25.8. The van der Waals surface area contributed by atoms with Gasteiger partial charge in [0, 0.05) is 31.7 Å². The molecule has 1 saturated heterocycles. The number of hydrogen-bond acceptors (Lipinski definition) is 5. The number of hydrogen-bond donors (Lipinski definition) is 3. The van der Waals surface area contributed by atoms with Gasteiger partial charge in [-0.15, -0.1) is 0 Å². The number of carbonyl (C=O) groups excluding carboxylic acids is 2. The highest BCUT2D eigenvalue weighted by molar-refractivity contribution is 5.97. The fraction of sp³-hybridized carbons (Fsp3) is 0.308. The predicted octanol–water partition coefficient (Wildman–Crippen LogP) is 4.81. The van der Waals surface area contributed by atoms with Gasteiger partial charge in [-0.05, 0) is 42.0 Å². The topological polar surface area (TPSA) is 92.6 Å². The molecular weight excluding hydrogens is 475 g/mol. The van der Waals surface area contributed by atoms with Gasteiger partial charge >= 0.3 is 6.18 Å². The standard InChI is InChI=1S/C26H26F3N3O4/c1-2-19-11-12-22(36-19)23(33)32-25(13-14-35-16-25)24(34)30-15-17-7-9-18(10-8-17)31-21-6-4-3-5-20(21)26(27,28)29/h3-12,31H,2,13-16H2,1H3,(H,30,34)(H,32,33)/t25-/m0/s1. The first-order valence-electron chi connectivity index (χ1n) is 11.5. The average Bonchev–Trinajstić information content (AvgIpc) is 3.54. The van der Waals surface area contributed by atoms with Crippen LogP contribution in [0.5, 0.6) is 0 Å². The fourth-order valence-corrected chi connectivity index (χ4v) is 3.92. The maximum Gasteiger partial charge on any atom is 0.418 e. The highest BCUT2D eigenvalue weighted by Gasteiger charge is 2.44. The van der Waals surface area contributed by atoms with Gasteiger partial charge in [0.25, 0.3) is 5.91 Å². The second-order valence-corrected chi connectivity index (χ2v) is 8.51. The summed E-state index contributed by atoms with van der Waals surface area (Å²) in [6, 6.07) is 15.2. The van der Waals surface area contributed by atoms with Crippen LogP contribution in [-0.2, 0) is 28.7 Å². The molecule has 36 heavy (non-hydrogen) atoms. The number of amides is 2. The lowest BCUT2D eigenvalue weighted by atomic mass is 9.97. The molecule has 190 valence electrons. The van der Waals surface area contributed by atoms with Gasteiger partial charge in [0.05, 0.1) is 17.9 Å². The largest absolute Gasteiger partial charge is 0.456 e. The monoisotopic (exact) mass is 501 g/mol. The van der Waals surface area contributed by atoms with E-state index in [1.807, 2.05) is 6.92 Å². The van der Waals surface area contributed by atoms with Crippen LogP contribution < -0.4 is 16.0 Å². The Balaban J connectivity index is 1.38. The molecule has 0 unspecified atom stereocenters. The number of aryl methyl sites for hydroxylation is 1. The highest BCUT2D eigenvalue weighted by Crippen LogP contribution is 2.35. The molecule has 2 heterocycles. The van der Waals surface area contributed by atoms with E-state index in [0.29, 0.717) is 30.9 Å². The number of halogens is 3. The maximum atomic E-state index is 13.2. The van der Waals surface area contributed by atoms with Crippen molar-refractivity contribution in [3.8, 4) is 0 Å². The number of nitrogens with one attached hydrogen (secondary N) is 3. The van der Waals surface area contributed by atoms with Gasteiger partial charge in [0.1, 0.15) is 11.3 Å². The summed E-state index contributed by atoms with van der Waals surface area (Å²) in [5.41, 5.74) is -0.823. The zero-order valence-electron chi connectivity index (χ0n) is 19.6. The van der Waals surface area contributed by atoms with Gasteiger partial charge in [0.2, 0.25) is 5.91 Å². The number of anilines is 2. The Kier molecular flexibility index (Phi) is 7.35. The Hall–Kier alpha value is -3.79. The first-order valence-corrected chi connectivity index (χ1v) is 11.5. The molecule has 0 saturated carbocycles. The molecule has 10 heteroatoms. The number of alkyl halides is 3. The number of para-hydroxylation sites is 1. The first-order chi connectivity index (χ1) is 17.2. The van der Waals surface area contributed by atoms with Crippen molar-refractivity contribution in [3.63, 3.8) is 0 Å². The van der Waals surface area contributed by atoms with Crippen LogP contribution in [-0.4, -0.2) is 30.6 Å². The van der Waals surface area contributed by atoms with Gasteiger partial charge in [-0.1, -0.05) is 31.2 Å². The van der Waals surface area contributed by atoms with Gasteiger partial charge in [-0.3, -0.25) is 9.59 Å². The first kappa shape index (κ1) is 25.3. The summed E-state index contributed by atoms with van der Waals surface area (Å²) in [7, 11) is 0. The van der Waals surface area contributed by atoms with E-state index < -0.39 is 29.1 Å². The lowest BCUT2D eigenvalue weighted by molar-refractivity contribution is -0.137. The molecule has 0 radical (unpaired) electrons. The Labute approximate surface area is 206 Å². The number of benzene rings is 2. The number of carbonyl (C=O) groups is 2.